The van der Waals surface area contributed by atoms with Crippen molar-refractivity contribution < 1.29 is 4.42 Å². The summed E-state index contributed by atoms with van der Waals surface area (Å²) in [6.45, 7) is 5.69. The van der Waals surface area contributed by atoms with Crippen molar-refractivity contribution in [1.82, 2.24) is 4.90 Å². The molecule has 3 nitrogen and oxygen atoms in total. The van der Waals surface area contributed by atoms with Crippen LogP contribution in [-0.2, 0) is 13.1 Å². The molecule has 2 aromatic rings. The topological polar surface area (TPSA) is 42.4 Å². The highest BCUT2D eigenvalue weighted by molar-refractivity contribution is 5.82. The molecule has 0 unspecified atom stereocenters. The lowest BCUT2D eigenvalue weighted by molar-refractivity contribution is 0.263. The lowest BCUT2D eigenvalue weighted by Crippen LogP contribution is -2.28. The fourth-order valence-electron chi connectivity index (χ4n) is 2.66. The van der Waals surface area contributed by atoms with Gasteiger partial charge in [0, 0.05) is 30.6 Å². The van der Waals surface area contributed by atoms with Gasteiger partial charge in [-0.1, -0.05) is 29.8 Å². The van der Waals surface area contributed by atoms with Crippen molar-refractivity contribution in [3.05, 3.63) is 47.2 Å². The smallest absolute Gasteiger partial charge is 0.134 e. The predicted octanol–water partition coefficient (Wildman–Crippen LogP) is 3.04. The summed E-state index contributed by atoms with van der Waals surface area (Å²) < 4.78 is 5.98. The van der Waals surface area contributed by atoms with Crippen molar-refractivity contribution >= 4 is 11.0 Å². The zero-order valence-electron chi connectivity index (χ0n) is 11.4. The van der Waals surface area contributed by atoms with Crippen LogP contribution in [0.3, 0.4) is 0 Å². The zero-order chi connectivity index (χ0) is 13.2. The van der Waals surface area contributed by atoms with Gasteiger partial charge in [0.25, 0.3) is 0 Å². The standard InChI is InChI=1S/C16H20N2O/c1-12-6-8-18(9-7-12)11-16-14(10-17)13-4-2-3-5-15(13)19-16/h2-6H,7-11,17H2,1H3. The molecular weight excluding hydrogens is 236 g/mol. The molecule has 0 spiro atoms. The van der Waals surface area contributed by atoms with Gasteiger partial charge in [-0.2, -0.15) is 0 Å². The van der Waals surface area contributed by atoms with E-state index in [-0.39, 0.29) is 0 Å². The molecule has 0 aliphatic carbocycles. The zero-order valence-corrected chi connectivity index (χ0v) is 11.4. The molecule has 100 valence electrons. The predicted molar refractivity (Wildman–Crippen MR) is 77.8 cm³/mol. The summed E-state index contributed by atoms with van der Waals surface area (Å²) in [5.41, 5.74) is 9.48. The Morgan fingerprint density at radius 2 is 2.16 bits per heavy atom. The van der Waals surface area contributed by atoms with E-state index in [1.807, 2.05) is 18.2 Å². The fourth-order valence-corrected chi connectivity index (χ4v) is 2.66. The maximum Gasteiger partial charge on any atom is 0.134 e. The number of hydrogen-bond acceptors (Lipinski definition) is 3. The largest absolute Gasteiger partial charge is 0.459 e. The molecule has 1 aliphatic rings. The summed E-state index contributed by atoms with van der Waals surface area (Å²) in [6.07, 6.45) is 3.45. The van der Waals surface area contributed by atoms with Gasteiger partial charge in [0.1, 0.15) is 11.3 Å². The molecule has 0 fully saturated rings. The Bertz CT molecular complexity index is 612. The lowest BCUT2D eigenvalue weighted by Gasteiger charge is -2.24. The minimum atomic E-state index is 0.537. The Balaban J connectivity index is 1.88. The van der Waals surface area contributed by atoms with E-state index in [0.717, 1.165) is 48.3 Å². The average molecular weight is 256 g/mol. The van der Waals surface area contributed by atoms with Crippen molar-refractivity contribution in [2.75, 3.05) is 13.1 Å². The summed E-state index contributed by atoms with van der Waals surface area (Å²) >= 11 is 0. The van der Waals surface area contributed by atoms with Crippen LogP contribution in [0.15, 0.2) is 40.3 Å². The van der Waals surface area contributed by atoms with Gasteiger partial charge in [-0.15, -0.1) is 0 Å². The second-order valence-corrected chi connectivity index (χ2v) is 5.24. The SMILES string of the molecule is CC1=CCN(Cc2oc3ccccc3c2CN)CC1. The number of fused-ring (bicyclic) bond motifs is 1. The Hall–Kier alpha value is -1.58. The lowest BCUT2D eigenvalue weighted by atomic mass is 10.1. The molecule has 0 bridgehead atoms. The summed E-state index contributed by atoms with van der Waals surface area (Å²) in [5.74, 6) is 1.02. The van der Waals surface area contributed by atoms with Gasteiger partial charge >= 0.3 is 0 Å². The first kappa shape index (κ1) is 12.5. The third-order valence-corrected chi connectivity index (χ3v) is 3.87. The second kappa shape index (κ2) is 5.19. The Morgan fingerprint density at radius 1 is 1.32 bits per heavy atom. The van der Waals surface area contributed by atoms with Gasteiger partial charge in [-0.3, -0.25) is 4.90 Å². The van der Waals surface area contributed by atoms with Crippen molar-refractivity contribution in [3.63, 3.8) is 0 Å². The number of furan rings is 1. The quantitative estimate of drug-likeness (QED) is 0.858. The van der Waals surface area contributed by atoms with Gasteiger partial charge in [-0.05, 0) is 19.4 Å². The second-order valence-electron chi connectivity index (χ2n) is 5.24. The van der Waals surface area contributed by atoms with E-state index in [1.165, 1.54) is 5.57 Å². The van der Waals surface area contributed by atoms with E-state index in [0.29, 0.717) is 6.54 Å². The van der Waals surface area contributed by atoms with Crippen LogP contribution in [0.2, 0.25) is 0 Å². The fraction of sp³-hybridized carbons (Fsp3) is 0.375. The van der Waals surface area contributed by atoms with Crippen LogP contribution >= 0.6 is 0 Å². The maximum atomic E-state index is 5.98. The molecule has 3 heteroatoms. The van der Waals surface area contributed by atoms with E-state index in [9.17, 15) is 0 Å². The molecule has 1 aromatic heterocycles. The molecule has 19 heavy (non-hydrogen) atoms. The van der Waals surface area contributed by atoms with Gasteiger partial charge in [0.2, 0.25) is 0 Å². The highest BCUT2D eigenvalue weighted by atomic mass is 16.3. The molecular formula is C16H20N2O. The minimum absolute atomic E-state index is 0.537. The van der Waals surface area contributed by atoms with Gasteiger partial charge in [0.15, 0.2) is 0 Å². The van der Waals surface area contributed by atoms with Crippen LogP contribution in [0.5, 0.6) is 0 Å². The summed E-state index contributed by atoms with van der Waals surface area (Å²) in [4.78, 5) is 2.41. The number of para-hydroxylation sites is 1. The highest BCUT2D eigenvalue weighted by Crippen LogP contribution is 2.27. The molecule has 1 aliphatic heterocycles. The Labute approximate surface area is 113 Å². The van der Waals surface area contributed by atoms with Crippen molar-refractivity contribution in [3.8, 4) is 0 Å². The molecule has 0 atom stereocenters. The van der Waals surface area contributed by atoms with Crippen LogP contribution < -0.4 is 5.73 Å². The van der Waals surface area contributed by atoms with Crippen LogP contribution in [0.1, 0.15) is 24.7 Å². The van der Waals surface area contributed by atoms with Crippen molar-refractivity contribution in [2.45, 2.75) is 26.4 Å². The molecule has 0 saturated carbocycles. The number of nitrogens with zero attached hydrogens (tertiary/aromatic N) is 1. The molecule has 2 N–H and O–H groups in total. The van der Waals surface area contributed by atoms with Crippen LogP contribution in [-0.4, -0.2) is 18.0 Å². The number of benzene rings is 1. The average Bonchev–Trinajstić information content (AvgIpc) is 2.78. The molecule has 0 radical (unpaired) electrons. The van der Waals surface area contributed by atoms with E-state index in [1.54, 1.807) is 0 Å². The number of hydrogen-bond donors (Lipinski definition) is 1. The van der Waals surface area contributed by atoms with E-state index < -0.39 is 0 Å². The van der Waals surface area contributed by atoms with Crippen LogP contribution in [0.4, 0.5) is 0 Å². The number of nitrogens with two attached hydrogens (primary N) is 1. The molecule has 0 saturated heterocycles. The van der Waals surface area contributed by atoms with Crippen LogP contribution in [0, 0.1) is 0 Å². The summed E-state index contributed by atoms with van der Waals surface area (Å²) in [6, 6.07) is 8.14. The maximum absolute atomic E-state index is 5.98. The summed E-state index contributed by atoms with van der Waals surface area (Å²) in [5, 5.41) is 1.16. The van der Waals surface area contributed by atoms with Gasteiger partial charge in [0.05, 0.1) is 6.54 Å². The van der Waals surface area contributed by atoms with Crippen molar-refractivity contribution in [1.29, 1.82) is 0 Å². The number of rotatable bonds is 3. The first-order valence-corrected chi connectivity index (χ1v) is 6.85. The molecule has 2 heterocycles. The van der Waals surface area contributed by atoms with E-state index in [4.69, 9.17) is 10.2 Å². The van der Waals surface area contributed by atoms with Gasteiger partial charge in [-0.25, -0.2) is 0 Å². The van der Waals surface area contributed by atoms with Crippen LogP contribution in [0.25, 0.3) is 11.0 Å². The molecule has 3 rings (SSSR count). The molecule has 1 aromatic carbocycles. The third-order valence-electron chi connectivity index (χ3n) is 3.87. The Morgan fingerprint density at radius 3 is 2.89 bits per heavy atom. The minimum Gasteiger partial charge on any atom is -0.459 e. The first-order valence-electron chi connectivity index (χ1n) is 6.85. The van der Waals surface area contributed by atoms with E-state index >= 15 is 0 Å². The highest BCUT2D eigenvalue weighted by Gasteiger charge is 2.17. The van der Waals surface area contributed by atoms with Crippen molar-refractivity contribution in [2.24, 2.45) is 5.73 Å². The first-order chi connectivity index (χ1) is 9.28. The van der Waals surface area contributed by atoms with E-state index in [2.05, 4.69) is 24.0 Å². The normalized spacial score (nSPS) is 16.8. The molecule has 0 amide bonds. The third kappa shape index (κ3) is 2.44. The summed E-state index contributed by atoms with van der Waals surface area (Å²) in [7, 11) is 0. The van der Waals surface area contributed by atoms with Gasteiger partial charge < -0.3 is 10.2 Å². The Kier molecular flexibility index (Phi) is 3.40. The monoisotopic (exact) mass is 256 g/mol.